The van der Waals surface area contributed by atoms with Crippen molar-refractivity contribution in [2.24, 2.45) is 0 Å². The number of nitrogens with zero attached hydrogens (tertiary/aromatic N) is 4. The quantitative estimate of drug-likeness (QED) is 0.447. The van der Waals surface area contributed by atoms with E-state index in [9.17, 15) is 13.2 Å². The van der Waals surface area contributed by atoms with E-state index in [2.05, 4.69) is 10.4 Å². The second-order valence-electron chi connectivity index (χ2n) is 8.71. The van der Waals surface area contributed by atoms with Crippen LogP contribution in [0, 0.1) is 6.92 Å². The summed E-state index contributed by atoms with van der Waals surface area (Å²) >= 11 is 1.53. The van der Waals surface area contributed by atoms with Gasteiger partial charge in [0.1, 0.15) is 0 Å². The fourth-order valence-electron chi connectivity index (χ4n) is 4.31. The summed E-state index contributed by atoms with van der Waals surface area (Å²) in [5, 5.41) is 10.2. The Hall–Kier alpha value is -3.24. The number of hydrogen-bond acceptors (Lipinski definition) is 7. The van der Waals surface area contributed by atoms with E-state index in [1.165, 1.54) is 11.3 Å². The predicted octanol–water partition coefficient (Wildman–Crippen LogP) is 4.15. The molecule has 8 nitrogen and oxygen atoms in total. The number of aromatic nitrogens is 3. The normalized spacial score (nSPS) is 17.2. The fraction of sp³-hybridized carbons (Fsp3) is 0.292. The standard InChI is InChI=1S/C24H25N5O3S2/c1-15-22-19(24(30)25-16-6-8-17(9-7-16)28(2)3)13-20(21-5-4-11-33-21)26-23(22)29(27-15)18-10-12-34(31,32)14-18/h4-9,11,13,18H,10,12,14H2,1-3H3,(H,25,30). The van der Waals surface area contributed by atoms with E-state index in [0.29, 0.717) is 40.1 Å². The van der Waals surface area contributed by atoms with Crippen LogP contribution in [0.5, 0.6) is 0 Å². The first-order valence-electron chi connectivity index (χ1n) is 10.9. The van der Waals surface area contributed by atoms with Crippen LogP contribution in [-0.4, -0.2) is 54.7 Å². The van der Waals surface area contributed by atoms with Gasteiger partial charge in [0.2, 0.25) is 0 Å². The minimum absolute atomic E-state index is 0.0356. The maximum absolute atomic E-state index is 13.5. The van der Waals surface area contributed by atoms with Gasteiger partial charge in [-0.1, -0.05) is 6.07 Å². The van der Waals surface area contributed by atoms with Crippen LogP contribution < -0.4 is 10.2 Å². The predicted molar refractivity (Wildman–Crippen MR) is 137 cm³/mol. The van der Waals surface area contributed by atoms with E-state index in [4.69, 9.17) is 4.98 Å². The van der Waals surface area contributed by atoms with Gasteiger partial charge in [0.15, 0.2) is 15.5 Å². The lowest BCUT2D eigenvalue weighted by Crippen LogP contribution is -2.15. The molecular weight excluding hydrogens is 470 g/mol. The van der Waals surface area contributed by atoms with Gasteiger partial charge in [-0.25, -0.2) is 18.1 Å². The van der Waals surface area contributed by atoms with Crippen LogP contribution in [0.25, 0.3) is 21.6 Å². The van der Waals surface area contributed by atoms with E-state index >= 15 is 0 Å². The van der Waals surface area contributed by atoms with Gasteiger partial charge in [-0.05, 0) is 55.1 Å². The molecule has 0 radical (unpaired) electrons. The zero-order valence-electron chi connectivity index (χ0n) is 19.1. The number of carbonyl (C=O) groups is 1. The Morgan fingerprint density at radius 1 is 1.21 bits per heavy atom. The average molecular weight is 496 g/mol. The number of fused-ring (bicyclic) bond motifs is 1. The Labute approximate surface area is 202 Å². The van der Waals surface area contributed by atoms with Gasteiger partial charge in [0.25, 0.3) is 5.91 Å². The molecule has 1 N–H and O–H groups in total. The molecular formula is C24H25N5O3S2. The average Bonchev–Trinajstić information content (AvgIpc) is 3.53. The first kappa shape index (κ1) is 22.5. The van der Waals surface area contributed by atoms with E-state index in [-0.39, 0.29) is 23.5 Å². The highest BCUT2D eigenvalue weighted by Crippen LogP contribution is 2.33. The van der Waals surface area contributed by atoms with Gasteiger partial charge in [-0.3, -0.25) is 4.79 Å². The molecule has 1 aromatic carbocycles. The number of carbonyl (C=O) groups excluding carboxylic acids is 1. The van der Waals surface area contributed by atoms with Crippen molar-refractivity contribution in [1.29, 1.82) is 0 Å². The highest BCUT2D eigenvalue weighted by Gasteiger charge is 2.32. The molecule has 1 aliphatic rings. The lowest BCUT2D eigenvalue weighted by atomic mass is 10.1. The molecule has 1 atom stereocenters. The van der Waals surface area contributed by atoms with E-state index < -0.39 is 9.84 Å². The third-order valence-corrected chi connectivity index (χ3v) is 8.69. The summed E-state index contributed by atoms with van der Waals surface area (Å²) in [6.07, 6.45) is 0.489. The summed E-state index contributed by atoms with van der Waals surface area (Å²) in [6, 6.07) is 13.0. The van der Waals surface area contributed by atoms with Crippen molar-refractivity contribution in [3.8, 4) is 10.6 Å². The summed E-state index contributed by atoms with van der Waals surface area (Å²) < 4.78 is 26.0. The summed E-state index contributed by atoms with van der Waals surface area (Å²) in [6.45, 7) is 1.83. The van der Waals surface area contributed by atoms with Crippen LogP contribution in [0.2, 0.25) is 0 Å². The zero-order valence-corrected chi connectivity index (χ0v) is 20.8. The first-order valence-corrected chi connectivity index (χ1v) is 13.6. The molecule has 4 heterocycles. The SMILES string of the molecule is Cc1nn(C2CCS(=O)(=O)C2)c2nc(-c3cccs3)cc(C(=O)Nc3ccc(N(C)C)cc3)c12. The molecule has 0 bridgehead atoms. The molecule has 1 aliphatic heterocycles. The third-order valence-electron chi connectivity index (χ3n) is 6.05. The topological polar surface area (TPSA) is 97.2 Å². The number of sulfone groups is 1. The van der Waals surface area contributed by atoms with Gasteiger partial charge in [0, 0.05) is 25.5 Å². The number of aryl methyl sites for hydroxylation is 1. The summed E-state index contributed by atoms with van der Waals surface area (Å²) in [5.41, 5.74) is 4.04. The number of hydrogen-bond donors (Lipinski definition) is 1. The molecule has 10 heteroatoms. The number of nitrogens with one attached hydrogen (secondary N) is 1. The Morgan fingerprint density at radius 2 is 1.97 bits per heavy atom. The van der Waals surface area contributed by atoms with E-state index in [0.717, 1.165) is 10.6 Å². The molecule has 5 rings (SSSR count). The largest absolute Gasteiger partial charge is 0.378 e. The molecule has 0 spiro atoms. The minimum Gasteiger partial charge on any atom is -0.378 e. The smallest absolute Gasteiger partial charge is 0.256 e. The second kappa shape index (κ2) is 8.52. The van der Waals surface area contributed by atoms with Crippen LogP contribution in [0.1, 0.15) is 28.5 Å². The Morgan fingerprint density at radius 3 is 2.59 bits per heavy atom. The number of anilines is 2. The van der Waals surface area contributed by atoms with Crippen molar-refractivity contribution in [3.05, 3.63) is 59.1 Å². The van der Waals surface area contributed by atoms with E-state index in [1.54, 1.807) is 10.7 Å². The Bertz CT molecular complexity index is 1470. The molecule has 1 saturated heterocycles. The van der Waals surface area contributed by atoms with Crippen molar-refractivity contribution >= 4 is 49.5 Å². The van der Waals surface area contributed by atoms with Gasteiger partial charge in [-0.2, -0.15) is 5.10 Å². The summed E-state index contributed by atoms with van der Waals surface area (Å²) in [7, 11) is 0.821. The second-order valence-corrected chi connectivity index (χ2v) is 11.9. The van der Waals surface area contributed by atoms with Gasteiger partial charge >= 0.3 is 0 Å². The van der Waals surface area contributed by atoms with E-state index in [1.807, 2.05) is 67.7 Å². The fourth-order valence-corrected chi connectivity index (χ4v) is 6.69. The van der Waals surface area contributed by atoms with Crippen molar-refractivity contribution < 1.29 is 13.2 Å². The molecule has 0 aliphatic carbocycles. The van der Waals surface area contributed by atoms with Gasteiger partial charge in [0.05, 0.1) is 44.8 Å². The van der Waals surface area contributed by atoms with Crippen molar-refractivity contribution in [3.63, 3.8) is 0 Å². The maximum Gasteiger partial charge on any atom is 0.256 e. The van der Waals surface area contributed by atoms with Crippen LogP contribution in [-0.2, 0) is 9.84 Å². The number of pyridine rings is 1. The highest BCUT2D eigenvalue weighted by atomic mass is 32.2. The molecule has 1 amide bonds. The van der Waals surface area contributed by atoms with Crippen LogP contribution >= 0.6 is 11.3 Å². The summed E-state index contributed by atoms with van der Waals surface area (Å²) in [4.78, 5) is 21.2. The van der Waals surface area contributed by atoms with Crippen molar-refractivity contribution in [2.75, 3.05) is 35.8 Å². The number of rotatable bonds is 5. The van der Waals surface area contributed by atoms with Crippen LogP contribution in [0.4, 0.5) is 11.4 Å². The molecule has 34 heavy (non-hydrogen) atoms. The molecule has 0 saturated carbocycles. The minimum atomic E-state index is -3.10. The molecule has 176 valence electrons. The lowest BCUT2D eigenvalue weighted by Gasteiger charge is -2.14. The third kappa shape index (κ3) is 4.19. The summed E-state index contributed by atoms with van der Waals surface area (Å²) in [5.74, 6) is -0.0863. The Balaban J connectivity index is 1.61. The molecule has 1 fully saturated rings. The lowest BCUT2D eigenvalue weighted by molar-refractivity contribution is 0.102. The monoisotopic (exact) mass is 495 g/mol. The first-order chi connectivity index (χ1) is 16.2. The van der Waals surface area contributed by atoms with Crippen molar-refractivity contribution in [2.45, 2.75) is 19.4 Å². The molecule has 3 aromatic heterocycles. The van der Waals surface area contributed by atoms with Gasteiger partial charge < -0.3 is 10.2 Å². The number of thiophene rings is 1. The maximum atomic E-state index is 13.5. The number of amides is 1. The van der Waals surface area contributed by atoms with Gasteiger partial charge in [-0.15, -0.1) is 11.3 Å². The van der Waals surface area contributed by atoms with Crippen LogP contribution in [0.15, 0.2) is 47.8 Å². The van der Waals surface area contributed by atoms with Crippen LogP contribution in [0.3, 0.4) is 0 Å². The number of benzene rings is 1. The van der Waals surface area contributed by atoms with Crippen molar-refractivity contribution in [1.82, 2.24) is 14.8 Å². The zero-order chi connectivity index (χ0) is 24.0. The highest BCUT2D eigenvalue weighted by molar-refractivity contribution is 7.91. The molecule has 1 unspecified atom stereocenters. The molecule has 4 aromatic rings. The Kier molecular flexibility index (Phi) is 5.65.